The van der Waals surface area contributed by atoms with Gasteiger partial charge in [0, 0.05) is 44.4 Å². The minimum Gasteiger partial charge on any atom is -0.469 e. The first-order valence-corrected chi connectivity index (χ1v) is 10.9. The van der Waals surface area contributed by atoms with Gasteiger partial charge in [-0.25, -0.2) is 4.99 Å². The molecule has 2 fully saturated rings. The molecule has 1 saturated heterocycles. The maximum atomic E-state index is 13.0. The van der Waals surface area contributed by atoms with Crippen molar-refractivity contribution >= 4 is 35.8 Å². The number of carbonyl (C=O) groups is 1. The van der Waals surface area contributed by atoms with E-state index in [0.717, 1.165) is 37.3 Å². The molecule has 2 aromatic rings. The molecule has 1 unspecified atom stereocenters. The molecule has 1 aromatic heterocycles. The van der Waals surface area contributed by atoms with Crippen molar-refractivity contribution in [1.29, 1.82) is 0 Å². The predicted octanol–water partition coefficient (Wildman–Crippen LogP) is 4.21. The molecular weight excluding hydrogens is 548 g/mol. The number of furan rings is 1. The van der Waals surface area contributed by atoms with Gasteiger partial charge >= 0.3 is 6.18 Å². The summed E-state index contributed by atoms with van der Waals surface area (Å²) in [5, 5.41) is 6.48. The zero-order valence-corrected chi connectivity index (χ0v) is 20.4. The van der Waals surface area contributed by atoms with E-state index in [1.165, 1.54) is 6.07 Å². The lowest BCUT2D eigenvalue weighted by atomic mass is 10.1. The van der Waals surface area contributed by atoms with Crippen LogP contribution in [0.5, 0.6) is 0 Å². The Balaban J connectivity index is 0.00000306. The molecule has 1 aromatic carbocycles. The Morgan fingerprint density at radius 3 is 2.70 bits per heavy atom. The largest absolute Gasteiger partial charge is 0.469 e. The van der Waals surface area contributed by atoms with Crippen LogP contribution in [0.25, 0.3) is 0 Å². The van der Waals surface area contributed by atoms with Crippen LogP contribution in [0.1, 0.15) is 36.1 Å². The van der Waals surface area contributed by atoms with E-state index in [2.05, 4.69) is 15.6 Å². The standard InChI is InChI=1S/C23H27F3N4O2.HI/c24-23(25,26)18-4-1-3-16(11-18)13-28-22(27-9-8-20-5-2-10-32-20)29-14-17-12-21(31)30(15-17)19-6-7-19;/h1-5,10-11,17,19H,6-9,12-15H2,(H2,27,28,29);1H. The number of alkyl halides is 3. The van der Waals surface area contributed by atoms with Crippen LogP contribution in [0.2, 0.25) is 0 Å². The molecule has 180 valence electrons. The van der Waals surface area contributed by atoms with Crippen molar-refractivity contribution in [3.05, 3.63) is 59.5 Å². The molecule has 33 heavy (non-hydrogen) atoms. The number of halogens is 4. The van der Waals surface area contributed by atoms with Crippen molar-refractivity contribution in [2.24, 2.45) is 10.9 Å². The van der Waals surface area contributed by atoms with Crippen LogP contribution >= 0.6 is 24.0 Å². The summed E-state index contributed by atoms with van der Waals surface area (Å²) in [5.41, 5.74) is -0.210. The van der Waals surface area contributed by atoms with Gasteiger partial charge in [0.25, 0.3) is 0 Å². The van der Waals surface area contributed by atoms with Gasteiger partial charge in [0.2, 0.25) is 5.91 Å². The molecule has 10 heteroatoms. The van der Waals surface area contributed by atoms with Crippen molar-refractivity contribution in [1.82, 2.24) is 15.5 Å². The van der Waals surface area contributed by atoms with Gasteiger partial charge in [-0.2, -0.15) is 13.2 Å². The van der Waals surface area contributed by atoms with Gasteiger partial charge < -0.3 is 20.0 Å². The zero-order chi connectivity index (χ0) is 22.6. The fourth-order valence-electron chi connectivity index (χ4n) is 3.87. The first kappa shape index (κ1) is 25.4. The lowest BCUT2D eigenvalue weighted by Gasteiger charge is -2.17. The molecule has 2 heterocycles. The molecule has 1 atom stereocenters. The molecule has 1 aliphatic heterocycles. The van der Waals surface area contributed by atoms with Crippen molar-refractivity contribution in [3.8, 4) is 0 Å². The molecule has 1 amide bonds. The number of hydrogen-bond donors (Lipinski definition) is 2. The maximum Gasteiger partial charge on any atom is 0.416 e. The van der Waals surface area contributed by atoms with E-state index in [1.54, 1.807) is 12.3 Å². The van der Waals surface area contributed by atoms with Crippen LogP contribution in [0.3, 0.4) is 0 Å². The lowest BCUT2D eigenvalue weighted by Crippen LogP contribution is -2.41. The number of likely N-dealkylation sites (tertiary alicyclic amines) is 1. The van der Waals surface area contributed by atoms with Crippen LogP contribution < -0.4 is 10.6 Å². The average molecular weight is 576 g/mol. The first-order valence-electron chi connectivity index (χ1n) is 10.9. The van der Waals surface area contributed by atoms with E-state index in [4.69, 9.17) is 4.42 Å². The summed E-state index contributed by atoms with van der Waals surface area (Å²) in [6, 6.07) is 9.30. The molecule has 2 aliphatic rings. The maximum absolute atomic E-state index is 13.0. The Hall–Kier alpha value is -2.24. The molecule has 1 aliphatic carbocycles. The summed E-state index contributed by atoms with van der Waals surface area (Å²) in [6.07, 6.45) is 0.558. The number of nitrogens with one attached hydrogen (secondary N) is 2. The number of guanidine groups is 1. The highest BCUT2D eigenvalue weighted by molar-refractivity contribution is 14.0. The van der Waals surface area contributed by atoms with Gasteiger partial charge in [-0.3, -0.25) is 4.79 Å². The van der Waals surface area contributed by atoms with E-state index in [0.29, 0.717) is 43.5 Å². The summed E-state index contributed by atoms with van der Waals surface area (Å²) >= 11 is 0. The minimum atomic E-state index is -4.38. The number of carbonyl (C=O) groups excluding carboxylic acids is 1. The lowest BCUT2D eigenvalue weighted by molar-refractivity contribution is -0.137. The predicted molar refractivity (Wildman–Crippen MR) is 129 cm³/mol. The number of aliphatic imine (C=N–C) groups is 1. The summed E-state index contributed by atoms with van der Waals surface area (Å²) in [4.78, 5) is 18.6. The van der Waals surface area contributed by atoms with Crippen molar-refractivity contribution < 1.29 is 22.4 Å². The second-order valence-electron chi connectivity index (χ2n) is 8.35. The first-order chi connectivity index (χ1) is 15.4. The zero-order valence-electron chi connectivity index (χ0n) is 18.1. The molecule has 4 rings (SSSR count). The monoisotopic (exact) mass is 576 g/mol. The molecular formula is C23H28F3IN4O2. The van der Waals surface area contributed by atoms with E-state index < -0.39 is 11.7 Å². The Bertz CT molecular complexity index is 945. The quantitative estimate of drug-likeness (QED) is 0.281. The van der Waals surface area contributed by atoms with Gasteiger partial charge in [-0.05, 0) is 42.7 Å². The van der Waals surface area contributed by atoms with Crippen LogP contribution in [-0.2, 0) is 23.9 Å². The number of benzene rings is 1. The topological polar surface area (TPSA) is 69.9 Å². The summed E-state index contributed by atoms with van der Waals surface area (Å²) in [6.45, 7) is 1.98. The van der Waals surface area contributed by atoms with E-state index in [9.17, 15) is 18.0 Å². The van der Waals surface area contributed by atoms with E-state index in [-0.39, 0.29) is 42.3 Å². The average Bonchev–Trinajstić information content (AvgIpc) is 3.33. The third-order valence-corrected chi connectivity index (χ3v) is 5.70. The summed E-state index contributed by atoms with van der Waals surface area (Å²) in [5.74, 6) is 1.73. The highest BCUT2D eigenvalue weighted by Crippen LogP contribution is 2.32. The Morgan fingerprint density at radius 2 is 2.00 bits per heavy atom. The Labute approximate surface area is 208 Å². The second kappa shape index (κ2) is 11.3. The van der Waals surface area contributed by atoms with Crippen LogP contribution in [-0.4, -0.2) is 42.4 Å². The molecule has 0 bridgehead atoms. The number of amides is 1. The molecule has 0 radical (unpaired) electrons. The molecule has 0 spiro atoms. The summed E-state index contributed by atoms with van der Waals surface area (Å²) in [7, 11) is 0. The van der Waals surface area contributed by atoms with E-state index in [1.807, 2.05) is 17.0 Å². The Morgan fingerprint density at radius 1 is 1.18 bits per heavy atom. The SMILES string of the molecule is I.O=C1CC(CNC(=NCc2cccc(C(F)(F)F)c2)NCCc2ccco2)CN1C1CC1. The number of rotatable bonds is 8. The summed E-state index contributed by atoms with van der Waals surface area (Å²) < 4.78 is 44.3. The van der Waals surface area contributed by atoms with Gasteiger partial charge in [-0.15, -0.1) is 24.0 Å². The number of nitrogens with zero attached hydrogens (tertiary/aromatic N) is 2. The highest BCUT2D eigenvalue weighted by Gasteiger charge is 2.39. The van der Waals surface area contributed by atoms with Gasteiger partial charge in [0.1, 0.15) is 5.76 Å². The van der Waals surface area contributed by atoms with E-state index >= 15 is 0 Å². The fraction of sp³-hybridized carbons (Fsp3) is 0.478. The second-order valence-corrected chi connectivity index (χ2v) is 8.35. The van der Waals surface area contributed by atoms with Crippen molar-refractivity contribution in [2.75, 3.05) is 19.6 Å². The normalized spacial score (nSPS) is 18.9. The van der Waals surface area contributed by atoms with Crippen molar-refractivity contribution in [2.45, 2.75) is 44.4 Å². The fourth-order valence-corrected chi connectivity index (χ4v) is 3.87. The third kappa shape index (κ3) is 7.38. The minimum absolute atomic E-state index is 0. The van der Waals surface area contributed by atoms with Gasteiger partial charge in [0.15, 0.2) is 5.96 Å². The Kier molecular flexibility index (Phi) is 8.66. The van der Waals surface area contributed by atoms with Gasteiger partial charge in [0.05, 0.1) is 18.4 Å². The highest BCUT2D eigenvalue weighted by atomic mass is 127. The van der Waals surface area contributed by atoms with Gasteiger partial charge in [-0.1, -0.05) is 12.1 Å². The third-order valence-electron chi connectivity index (χ3n) is 5.70. The van der Waals surface area contributed by atoms with Crippen LogP contribution in [0.4, 0.5) is 13.2 Å². The molecule has 1 saturated carbocycles. The van der Waals surface area contributed by atoms with Crippen LogP contribution in [0.15, 0.2) is 52.1 Å². The number of hydrogen-bond acceptors (Lipinski definition) is 3. The van der Waals surface area contributed by atoms with Crippen LogP contribution in [0, 0.1) is 5.92 Å². The van der Waals surface area contributed by atoms with Crippen molar-refractivity contribution in [3.63, 3.8) is 0 Å². The smallest absolute Gasteiger partial charge is 0.416 e. The molecule has 2 N–H and O–H groups in total. The molecule has 6 nitrogen and oxygen atoms in total.